The Balaban J connectivity index is 2.02. The van der Waals surface area contributed by atoms with Crippen LogP contribution in [0.2, 0.25) is 0 Å². The number of carbonyl (C=O) groups excluding carboxylic acids is 1. The Morgan fingerprint density at radius 1 is 1.56 bits per heavy atom. The van der Waals surface area contributed by atoms with Gasteiger partial charge in [0.05, 0.1) is 0 Å². The van der Waals surface area contributed by atoms with Gasteiger partial charge in [0.25, 0.3) is 15.0 Å². The smallest absolute Gasteiger partial charge is 0.267 e. The maximum absolute atomic E-state index is 11.5. The topological polar surface area (TPSA) is 79.0 Å². The molecule has 7 heteroatoms. The molecule has 0 saturated heterocycles. The molecule has 2 N–H and O–H groups in total. The summed E-state index contributed by atoms with van der Waals surface area (Å²) in [6.07, 6.45) is 3.49. The quantitative estimate of drug-likeness (QED) is 0.797. The Hall–Kier alpha value is -1.01. The molecule has 0 unspecified atom stereocenters. The van der Waals surface area contributed by atoms with Crippen molar-refractivity contribution < 1.29 is 13.2 Å². The average molecular weight is 263 g/mol. The first kappa shape index (κ1) is 11.5. The summed E-state index contributed by atoms with van der Waals surface area (Å²) in [5.74, 6) is 0.272. The summed E-state index contributed by atoms with van der Waals surface area (Å²) in [5.41, 5.74) is 0.208. The molecular formula is C9H11ClN2O3S. The number of nitrogens with one attached hydrogen (secondary N) is 2. The van der Waals surface area contributed by atoms with Crippen LogP contribution in [0.15, 0.2) is 17.2 Å². The zero-order valence-corrected chi connectivity index (χ0v) is 9.94. The van der Waals surface area contributed by atoms with Crippen LogP contribution >= 0.6 is 10.7 Å². The molecule has 1 aliphatic rings. The first-order valence-electron chi connectivity index (χ1n) is 4.88. The van der Waals surface area contributed by atoms with Gasteiger partial charge in [0, 0.05) is 23.4 Å². The van der Waals surface area contributed by atoms with Gasteiger partial charge in [-0.25, -0.2) is 8.42 Å². The molecule has 1 aliphatic carbocycles. The van der Waals surface area contributed by atoms with Crippen LogP contribution in [0.5, 0.6) is 0 Å². The summed E-state index contributed by atoms with van der Waals surface area (Å²) in [7, 11) is 1.36. The number of aromatic amines is 1. The van der Waals surface area contributed by atoms with Crippen molar-refractivity contribution in [2.24, 2.45) is 5.92 Å². The number of carbonyl (C=O) groups is 1. The molecule has 2 rings (SSSR count). The number of rotatable bonds is 4. The van der Waals surface area contributed by atoms with Gasteiger partial charge in [-0.1, -0.05) is 0 Å². The second-order valence-electron chi connectivity index (χ2n) is 3.84. The number of hydrogen-bond donors (Lipinski definition) is 2. The van der Waals surface area contributed by atoms with Crippen molar-refractivity contribution in [3.05, 3.63) is 18.0 Å². The summed E-state index contributed by atoms with van der Waals surface area (Å²) in [6, 6.07) is 1.23. The largest absolute Gasteiger partial charge is 0.356 e. The van der Waals surface area contributed by atoms with Crippen LogP contribution in [-0.4, -0.2) is 25.9 Å². The summed E-state index contributed by atoms with van der Waals surface area (Å²) in [5, 5.41) is 2.72. The Morgan fingerprint density at radius 3 is 2.75 bits per heavy atom. The first-order valence-corrected chi connectivity index (χ1v) is 7.19. The second-order valence-corrected chi connectivity index (χ2v) is 6.41. The Kier molecular flexibility index (Phi) is 2.94. The van der Waals surface area contributed by atoms with Gasteiger partial charge in [-0.15, -0.1) is 0 Å². The van der Waals surface area contributed by atoms with E-state index in [0.29, 0.717) is 12.5 Å². The number of halogens is 1. The lowest BCUT2D eigenvalue weighted by Gasteiger charge is -2.00. The lowest BCUT2D eigenvalue weighted by molar-refractivity contribution is 0.0947. The van der Waals surface area contributed by atoms with E-state index in [1.54, 1.807) is 0 Å². The number of H-pyrrole nitrogens is 1. The van der Waals surface area contributed by atoms with Gasteiger partial charge < -0.3 is 10.3 Å². The number of amides is 1. The normalized spacial score (nSPS) is 16.1. The lowest BCUT2D eigenvalue weighted by Crippen LogP contribution is -2.25. The fourth-order valence-electron chi connectivity index (χ4n) is 1.30. The van der Waals surface area contributed by atoms with Crippen molar-refractivity contribution >= 4 is 25.6 Å². The van der Waals surface area contributed by atoms with Gasteiger partial charge >= 0.3 is 0 Å². The van der Waals surface area contributed by atoms with Crippen LogP contribution in [-0.2, 0) is 9.05 Å². The van der Waals surface area contributed by atoms with E-state index in [1.807, 2.05) is 0 Å². The molecule has 1 heterocycles. The van der Waals surface area contributed by atoms with Crippen LogP contribution in [0, 0.1) is 5.92 Å². The molecule has 0 radical (unpaired) electrons. The monoisotopic (exact) mass is 262 g/mol. The van der Waals surface area contributed by atoms with Gasteiger partial charge in [-0.2, -0.15) is 0 Å². The van der Waals surface area contributed by atoms with Crippen LogP contribution in [0.4, 0.5) is 0 Å². The third-order valence-electron chi connectivity index (χ3n) is 2.43. The molecule has 0 aromatic carbocycles. The van der Waals surface area contributed by atoms with E-state index in [-0.39, 0.29) is 16.5 Å². The molecule has 1 saturated carbocycles. The Labute approximate surface area is 97.6 Å². The van der Waals surface area contributed by atoms with E-state index in [2.05, 4.69) is 10.3 Å². The Morgan fingerprint density at radius 2 is 2.25 bits per heavy atom. The van der Waals surface area contributed by atoms with E-state index in [9.17, 15) is 13.2 Å². The second kappa shape index (κ2) is 4.10. The van der Waals surface area contributed by atoms with Crippen molar-refractivity contribution in [1.82, 2.24) is 10.3 Å². The predicted octanol–water partition coefficient (Wildman–Crippen LogP) is 1.08. The molecule has 0 atom stereocenters. The predicted molar refractivity (Wildman–Crippen MR) is 58.9 cm³/mol. The summed E-state index contributed by atoms with van der Waals surface area (Å²) in [6.45, 7) is 0.640. The summed E-state index contributed by atoms with van der Waals surface area (Å²) < 4.78 is 21.9. The van der Waals surface area contributed by atoms with E-state index >= 15 is 0 Å². The minimum Gasteiger partial charge on any atom is -0.356 e. The van der Waals surface area contributed by atoms with Gasteiger partial charge in [-0.05, 0) is 24.8 Å². The molecule has 5 nitrogen and oxygen atoms in total. The van der Waals surface area contributed by atoms with Gasteiger partial charge in [0.15, 0.2) is 0 Å². The van der Waals surface area contributed by atoms with Crippen LogP contribution in [0.1, 0.15) is 23.3 Å². The molecule has 1 aromatic heterocycles. The van der Waals surface area contributed by atoms with E-state index < -0.39 is 9.05 Å². The lowest BCUT2D eigenvalue weighted by atomic mass is 10.3. The maximum Gasteiger partial charge on any atom is 0.267 e. The van der Waals surface area contributed by atoms with Crippen molar-refractivity contribution in [2.75, 3.05) is 6.54 Å². The van der Waals surface area contributed by atoms with E-state index in [4.69, 9.17) is 10.7 Å². The molecule has 16 heavy (non-hydrogen) atoms. The number of hydrogen-bond acceptors (Lipinski definition) is 3. The van der Waals surface area contributed by atoms with E-state index in [0.717, 1.165) is 12.8 Å². The van der Waals surface area contributed by atoms with Crippen LogP contribution in [0.3, 0.4) is 0 Å². The number of aromatic nitrogens is 1. The SMILES string of the molecule is O=C(NCC1CC1)c1cc(S(=O)(=O)Cl)c[nH]1. The third kappa shape index (κ3) is 2.76. The fourth-order valence-corrected chi connectivity index (χ4v) is 2.03. The fraction of sp³-hybridized carbons (Fsp3) is 0.444. The van der Waals surface area contributed by atoms with Gasteiger partial charge in [0.2, 0.25) is 0 Å². The molecule has 1 aromatic rings. The highest BCUT2D eigenvalue weighted by Crippen LogP contribution is 2.27. The zero-order chi connectivity index (χ0) is 11.8. The Bertz CT molecular complexity index is 505. The molecule has 0 spiro atoms. The molecule has 1 amide bonds. The highest BCUT2D eigenvalue weighted by Gasteiger charge is 2.22. The van der Waals surface area contributed by atoms with E-state index in [1.165, 1.54) is 12.3 Å². The van der Waals surface area contributed by atoms with Crippen molar-refractivity contribution in [3.63, 3.8) is 0 Å². The van der Waals surface area contributed by atoms with Crippen molar-refractivity contribution in [2.45, 2.75) is 17.7 Å². The van der Waals surface area contributed by atoms with Gasteiger partial charge in [-0.3, -0.25) is 4.79 Å². The van der Waals surface area contributed by atoms with Crippen molar-refractivity contribution in [1.29, 1.82) is 0 Å². The molecular weight excluding hydrogens is 252 g/mol. The maximum atomic E-state index is 11.5. The molecule has 88 valence electrons. The molecule has 0 aliphatic heterocycles. The zero-order valence-electron chi connectivity index (χ0n) is 8.36. The minimum atomic E-state index is -3.77. The third-order valence-corrected chi connectivity index (χ3v) is 3.76. The average Bonchev–Trinajstić information content (AvgIpc) is 2.86. The first-order chi connectivity index (χ1) is 7.47. The van der Waals surface area contributed by atoms with Crippen molar-refractivity contribution in [3.8, 4) is 0 Å². The molecule has 1 fully saturated rings. The minimum absolute atomic E-state index is 0.0919. The standard InChI is InChI=1S/C9H11ClN2O3S/c10-16(14,15)7-3-8(11-5-7)9(13)12-4-6-1-2-6/h3,5-6,11H,1-2,4H2,(H,12,13). The van der Waals surface area contributed by atoms with Gasteiger partial charge in [0.1, 0.15) is 10.6 Å². The van der Waals surface area contributed by atoms with Crippen LogP contribution in [0.25, 0.3) is 0 Å². The highest BCUT2D eigenvalue weighted by atomic mass is 35.7. The molecule has 0 bridgehead atoms. The summed E-state index contributed by atoms with van der Waals surface area (Å²) >= 11 is 0. The summed E-state index contributed by atoms with van der Waals surface area (Å²) in [4.78, 5) is 14.0. The highest BCUT2D eigenvalue weighted by molar-refractivity contribution is 8.13. The van der Waals surface area contributed by atoms with Crippen LogP contribution < -0.4 is 5.32 Å².